The summed E-state index contributed by atoms with van der Waals surface area (Å²) in [6.07, 6.45) is 1.48. The number of hydrogen-bond donors (Lipinski definition) is 3. The molecule has 156 valence electrons. The highest BCUT2D eigenvalue weighted by Crippen LogP contribution is 2.36. The first-order valence-corrected chi connectivity index (χ1v) is 9.10. The summed E-state index contributed by atoms with van der Waals surface area (Å²) in [5.74, 6) is -0.782. The van der Waals surface area contributed by atoms with Gasteiger partial charge in [0.2, 0.25) is 0 Å². The molecular weight excluding hydrogens is 413 g/mol. The Morgan fingerprint density at radius 1 is 1.33 bits per heavy atom. The number of aryl methyl sites for hydroxylation is 1. The summed E-state index contributed by atoms with van der Waals surface area (Å²) in [6.45, 7) is -0.120. The van der Waals surface area contributed by atoms with Gasteiger partial charge < -0.3 is 20.5 Å². The molecule has 0 saturated carbocycles. The van der Waals surface area contributed by atoms with Crippen molar-refractivity contribution in [3.63, 3.8) is 0 Å². The van der Waals surface area contributed by atoms with Crippen LogP contribution in [0.1, 0.15) is 10.4 Å². The fourth-order valence-corrected chi connectivity index (χ4v) is 3.06. The number of halogens is 2. The number of aromatic nitrogens is 2. The largest absolute Gasteiger partial charge is 0.497 e. The highest BCUT2D eigenvalue weighted by atomic mass is 35.5. The first-order valence-electron chi connectivity index (χ1n) is 8.72. The topological polar surface area (TPSA) is 115 Å². The average Bonchev–Trinajstić information content (AvgIpc) is 3.04. The molecule has 1 heterocycles. The van der Waals surface area contributed by atoms with Gasteiger partial charge in [-0.3, -0.25) is 14.9 Å². The third-order valence-electron chi connectivity index (χ3n) is 4.19. The monoisotopic (exact) mass is 431 g/mol. The zero-order valence-corrected chi connectivity index (χ0v) is 17.0. The van der Waals surface area contributed by atoms with E-state index >= 15 is 0 Å². The number of amidine groups is 1. The van der Waals surface area contributed by atoms with Gasteiger partial charge in [-0.25, -0.2) is 4.39 Å². The molecule has 4 N–H and O–H groups in total. The zero-order valence-electron chi connectivity index (χ0n) is 16.2. The molecule has 8 nitrogen and oxygen atoms in total. The van der Waals surface area contributed by atoms with E-state index in [4.69, 9.17) is 32.2 Å². The van der Waals surface area contributed by atoms with Crippen LogP contribution in [0.2, 0.25) is 5.02 Å². The second-order valence-electron chi connectivity index (χ2n) is 6.29. The van der Waals surface area contributed by atoms with Crippen molar-refractivity contribution in [1.82, 2.24) is 9.78 Å². The van der Waals surface area contributed by atoms with Crippen molar-refractivity contribution in [3.05, 3.63) is 59.0 Å². The number of hydrogen-bond acceptors (Lipinski definition) is 5. The Morgan fingerprint density at radius 3 is 2.70 bits per heavy atom. The summed E-state index contributed by atoms with van der Waals surface area (Å²) in [6, 6.07) is 8.78. The van der Waals surface area contributed by atoms with Crippen molar-refractivity contribution in [1.29, 1.82) is 5.41 Å². The van der Waals surface area contributed by atoms with Crippen LogP contribution < -0.4 is 20.5 Å². The molecule has 0 radical (unpaired) electrons. The summed E-state index contributed by atoms with van der Waals surface area (Å²) in [5, 5.41) is 14.5. The van der Waals surface area contributed by atoms with E-state index in [2.05, 4.69) is 10.4 Å². The van der Waals surface area contributed by atoms with E-state index < -0.39 is 11.7 Å². The lowest BCUT2D eigenvalue weighted by atomic mass is 10.1. The predicted octanol–water partition coefficient (Wildman–Crippen LogP) is 3.46. The quantitative estimate of drug-likeness (QED) is 0.391. The molecule has 1 aromatic heterocycles. The maximum atomic E-state index is 14.2. The molecule has 3 rings (SSSR count). The van der Waals surface area contributed by atoms with E-state index in [1.807, 2.05) is 0 Å². The average molecular weight is 432 g/mol. The number of carbonyl (C=O) groups is 1. The molecule has 0 aliphatic carbocycles. The maximum absolute atomic E-state index is 14.2. The minimum atomic E-state index is -0.705. The first kappa shape index (κ1) is 21.1. The SMILES string of the molecule is COc1ccc(C(=O)Nc2ccc(OCC(=N)N)c(-c3c(Cl)cnn3C)c2)c(F)c1. The summed E-state index contributed by atoms with van der Waals surface area (Å²) < 4.78 is 26.3. The lowest BCUT2D eigenvalue weighted by Crippen LogP contribution is -2.19. The van der Waals surface area contributed by atoms with Crippen LogP contribution >= 0.6 is 11.6 Å². The van der Waals surface area contributed by atoms with Crippen molar-refractivity contribution in [3.8, 4) is 22.8 Å². The number of methoxy groups -OCH3 is 1. The van der Waals surface area contributed by atoms with Crippen LogP contribution in [0.4, 0.5) is 10.1 Å². The Morgan fingerprint density at radius 2 is 2.10 bits per heavy atom. The van der Waals surface area contributed by atoms with Gasteiger partial charge in [-0.15, -0.1) is 0 Å². The van der Waals surface area contributed by atoms with Crippen molar-refractivity contribution < 1.29 is 18.7 Å². The molecule has 10 heteroatoms. The fourth-order valence-electron chi connectivity index (χ4n) is 2.79. The number of anilines is 1. The molecule has 30 heavy (non-hydrogen) atoms. The number of benzene rings is 2. The molecule has 0 saturated heterocycles. The number of nitrogens with zero attached hydrogens (tertiary/aromatic N) is 2. The summed E-state index contributed by atoms with van der Waals surface area (Å²) in [5.41, 5.74) is 6.70. The van der Waals surface area contributed by atoms with Crippen LogP contribution in [0, 0.1) is 11.2 Å². The van der Waals surface area contributed by atoms with Gasteiger partial charge in [-0.2, -0.15) is 5.10 Å². The highest BCUT2D eigenvalue weighted by molar-refractivity contribution is 6.33. The zero-order chi connectivity index (χ0) is 21.8. The molecule has 0 unspecified atom stereocenters. The van der Waals surface area contributed by atoms with Crippen LogP contribution in [-0.4, -0.2) is 35.2 Å². The van der Waals surface area contributed by atoms with Crippen LogP contribution in [0.5, 0.6) is 11.5 Å². The number of nitrogens with two attached hydrogens (primary N) is 1. The van der Waals surface area contributed by atoms with Crippen LogP contribution in [0.15, 0.2) is 42.6 Å². The standard InChI is InChI=1S/C20H19ClFN5O3/c1-27-19(15(21)9-25-27)14-7-11(3-6-17(14)30-10-18(23)24)26-20(28)13-5-4-12(29-2)8-16(13)22/h3-9H,10H2,1-2H3,(H3,23,24)(H,26,28). The van der Waals surface area contributed by atoms with Crippen LogP contribution in [-0.2, 0) is 7.05 Å². The molecule has 2 aromatic carbocycles. The van der Waals surface area contributed by atoms with Crippen LogP contribution in [0.3, 0.4) is 0 Å². The van der Waals surface area contributed by atoms with Gasteiger partial charge in [0.15, 0.2) is 0 Å². The number of carbonyl (C=O) groups excluding carboxylic acids is 1. The number of ether oxygens (including phenoxy) is 2. The van der Waals surface area contributed by atoms with Gasteiger partial charge in [-0.1, -0.05) is 11.6 Å². The minimum Gasteiger partial charge on any atom is -0.497 e. The number of amides is 1. The van der Waals surface area contributed by atoms with Crippen molar-refractivity contribution in [2.45, 2.75) is 0 Å². The number of rotatable bonds is 7. The summed E-state index contributed by atoms with van der Waals surface area (Å²) in [7, 11) is 3.11. The van der Waals surface area contributed by atoms with E-state index in [1.165, 1.54) is 25.4 Å². The lowest BCUT2D eigenvalue weighted by Gasteiger charge is -2.14. The van der Waals surface area contributed by atoms with Gasteiger partial charge in [0.1, 0.15) is 29.8 Å². The van der Waals surface area contributed by atoms with E-state index in [0.717, 1.165) is 6.07 Å². The van der Waals surface area contributed by atoms with Gasteiger partial charge in [-0.05, 0) is 30.3 Å². The fraction of sp³-hybridized carbons (Fsp3) is 0.150. The molecule has 0 bridgehead atoms. The predicted molar refractivity (Wildman–Crippen MR) is 112 cm³/mol. The van der Waals surface area contributed by atoms with Gasteiger partial charge in [0.25, 0.3) is 5.91 Å². The Labute approximate surface area is 176 Å². The lowest BCUT2D eigenvalue weighted by molar-refractivity contribution is 0.102. The third kappa shape index (κ3) is 4.52. The summed E-state index contributed by atoms with van der Waals surface area (Å²) in [4.78, 5) is 12.6. The summed E-state index contributed by atoms with van der Waals surface area (Å²) >= 11 is 6.26. The number of nitrogens with one attached hydrogen (secondary N) is 2. The molecular formula is C20H19ClFN5O3. The first-order chi connectivity index (χ1) is 14.3. The van der Waals surface area contributed by atoms with Gasteiger partial charge in [0.05, 0.1) is 29.6 Å². The van der Waals surface area contributed by atoms with E-state index in [-0.39, 0.29) is 18.0 Å². The molecule has 3 aromatic rings. The minimum absolute atomic E-state index is 0.120. The third-order valence-corrected chi connectivity index (χ3v) is 4.47. The Bertz CT molecular complexity index is 1100. The van der Waals surface area contributed by atoms with E-state index in [9.17, 15) is 9.18 Å². The van der Waals surface area contributed by atoms with E-state index in [1.54, 1.807) is 29.9 Å². The Kier molecular flexibility index (Phi) is 6.22. The maximum Gasteiger partial charge on any atom is 0.258 e. The smallest absolute Gasteiger partial charge is 0.258 e. The Balaban J connectivity index is 1.95. The molecule has 0 atom stereocenters. The van der Waals surface area contributed by atoms with E-state index in [0.29, 0.717) is 33.5 Å². The van der Waals surface area contributed by atoms with Gasteiger partial charge in [0, 0.05) is 24.4 Å². The normalized spacial score (nSPS) is 10.5. The molecule has 0 aliphatic rings. The van der Waals surface area contributed by atoms with Crippen molar-refractivity contribution >= 4 is 29.0 Å². The van der Waals surface area contributed by atoms with Crippen molar-refractivity contribution in [2.24, 2.45) is 12.8 Å². The van der Waals surface area contributed by atoms with Crippen LogP contribution in [0.25, 0.3) is 11.3 Å². The molecule has 0 spiro atoms. The van der Waals surface area contributed by atoms with Gasteiger partial charge >= 0.3 is 0 Å². The molecule has 0 aliphatic heterocycles. The molecule has 1 amide bonds. The van der Waals surface area contributed by atoms with Crippen molar-refractivity contribution in [2.75, 3.05) is 19.0 Å². The highest BCUT2D eigenvalue weighted by Gasteiger charge is 2.18. The second-order valence-corrected chi connectivity index (χ2v) is 6.70. The second kappa shape index (κ2) is 8.83. The molecule has 0 fully saturated rings. The Hall–Kier alpha value is -3.59.